The van der Waals surface area contributed by atoms with E-state index in [1.54, 1.807) is 26.2 Å². The number of rotatable bonds is 7. The summed E-state index contributed by atoms with van der Waals surface area (Å²) in [4.78, 5) is 32.8. The Balaban J connectivity index is 1.52. The lowest BCUT2D eigenvalue weighted by molar-refractivity contribution is -0.132. The zero-order valence-electron chi connectivity index (χ0n) is 19.6. The molecule has 1 atom stereocenters. The zero-order valence-corrected chi connectivity index (χ0v) is 19.6. The fourth-order valence-corrected chi connectivity index (χ4v) is 4.25. The van der Waals surface area contributed by atoms with Crippen molar-refractivity contribution in [3.05, 3.63) is 95.3 Å². The number of hydrogen-bond donors (Lipinski definition) is 1. The van der Waals surface area contributed by atoms with E-state index in [0.717, 1.165) is 29.1 Å². The van der Waals surface area contributed by atoms with E-state index in [2.05, 4.69) is 27.3 Å². The number of pyridine rings is 1. The van der Waals surface area contributed by atoms with E-state index in [4.69, 9.17) is 4.74 Å². The van der Waals surface area contributed by atoms with E-state index in [1.807, 2.05) is 53.4 Å². The molecule has 34 heavy (non-hydrogen) atoms. The van der Waals surface area contributed by atoms with Crippen LogP contribution in [-0.2, 0) is 17.9 Å². The average molecular weight is 459 g/mol. The topological polar surface area (TPSA) is 74.8 Å². The van der Waals surface area contributed by atoms with Gasteiger partial charge in [0, 0.05) is 51.9 Å². The molecule has 2 aromatic carbocycles. The Kier molecular flexibility index (Phi) is 7.54. The van der Waals surface area contributed by atoms with Crippen LogP contribution in [0.15, 0.2) is 72.9 Å². The van der Waals surface area contributed by atoms with Gasteiger partial charge in [0.2, 0.25) is 5.91 Å². The SMILES string of the molecule is CNC(=O)c1cccc([C@H]2CN(C(C)=O)CCN2Cc2cccc(OCc3ccccn3)c2)c1. The molecule has 1 fully saturated rings. The number of benzene rings is 2. The van der Waals surface area contributed by atoms with E-state index in [1.165, 1.54) is 0 Å². The quantitative estimate of drug-likeness (QED) is 0.587. The minimum atomic E-state index is -0.120. The van der Waals surface area contributed by atoms with Crippen LogP contribution in [-0.4, -0.2) is 53.3 Å². The summed E-state index contributed by atoms with van der Waals surface area (Å²) in [5.41, 5.74) is 3.64. The molecule has 1 aliphatic rings. The van der Waals surface area contributed by atoms with Crippen molar-refractivity contribution in [2.24, 2.45) is 0 Å². The maximum absolute atomic E-state index is 12.2. The number of nitrogens with zero attached hydrogens (tertiary/aromatic N) is 3. The lowest BCUT2D eigenvalue weighted by Gasteiger charge is -2.41. The van der Waals surface area contributed by atoms with Crippen molar-refractivity contribution in [3.8, 4) is 5.75 Å². The predicted octanol–water partition coefficient (Wildman–Crippen LogP) is 3.43. The van der Waals surface area contributed by atoms with Crippen LogP contribution in [0.25, 0.3) is 0 Å². The van der Waals surface area contributed by atoms with Crippen LogP contribution in [0.3, 0.4) is 0 Å². The normalized spacial score (nSPS) is 16.2. The number of carbonyl (C=O) groups is 2. The third-order valence-corrected chi connectivity index (χ3v) is 6.09. The lowest BCUT2D eigenvalue weighted by Crippen LogP contribution is -2.49. The molecule has 0 unspecified atom stereocenters. The average Bonchev–Trinajstić information content (AvgIpc) is 2.88. The van der Waals surface area contributed by atoms with Crippen molar-refractivity contribution in [3.63, 3.8) is 0 Å². The molecule has 0 saturated carbocycles. The van der Waals surface area contributed by atoms with Gasteiger partial charge in [-0.05, 0) is 47.5 Å². The molecule has 1 aromatic heterocycles. The number of piperazine rings is 1. The first kappa shape index (κ1) is 23.4. The van der Waals surface area contributed by atoms with Gasteiger partial charge in [0.15, 0.2) is 0 Å². The summed E-state index contributed by atoms with van der Waals surface area (Å²) in [5, 5.41) is 2.68. The van der Waals surface area contributed by atoms with Gasteiger partial charge in [0.05, 0.1) is 11.7 Å². The van der Waals surface area contributed by atoms with Crippen molar-refractivity contribution >= 4 is 11.8 Å². The molecular formula is C27H30N4O3. The van der Waals surface area contributed by atoms with Crippen LogP contribution in [0.5, 0.6) is 5.75 Å². The molecule has 0 radical (unpaired) electrons. The maximum Gasteiger partial charge on any atom is 0.251 e. The molecular weight excluding hydrogens is 428 g/mol. The fourth-order valence-electron chi connectivity index (χ4n) is 4.25. The predicted molar refractivity (Wildman–Crippen MR) is 130 cm³/mol. The summed E-state index contributed by atoms with van der Waals surface area (Å²) in [7, 11) is 1.63. The van der Waals surface area contributed by atoms with E-state index in [-0.39, 0.29) is 17.9 Å². The summed E-state index contributed by atoms with van der Waals surface area (Å²) in [5.74, 6) is 0.742. The van der Waals surface area contributed by atoms with Crippen LogP contribution in [0, 0.1) is 0 Å². The molecule has 0 aliphatic carbocycles. The van der Waals surface area contributed by atoms with E-state index >= 15 is 0 Å². The summed E-state index contributed by atoms with van der Waals surface area (Å²) in [6.07, 6.45) is 1.76. The van der Waals surface area contributed by atoms with Crippen LogP contribution < -0.4 is 10.1 Å². The fraction of sp³-hybridized carbons (Fsp3) is 0.296. The molecule has 1 saturated heterocycles. The molecule has 1 N–H and O–H groups in total. The maximum atomic E-state index is 12.2. The molecule has 7 nitrogen and oxygen atoms in total. The van der Waals surface area contributed by atoms with E-state index in [9.17, 15) is 9.59 Å². The Morgan fingerprint density at radius 1 is 1.06 bits per heavy atom. The number of hydrogen-bond acceptors (Lipinski definition) is 5. The molecule has 1 aliphatic heterocycles. The zero-order chi connectivity index (χ0) is 23.9. The largest absolute Gasteiger partial charge is 0.487 e. The molecule has 2 heterocycles. The number of nitrogens with one attached hydrogen (secondary N) is 1. The molecule has 3 aromatic rings. The third-order valence-electron chi connectivity index (χ3n) is 6.09. The van der Waals surface area contributed by atoms with Crippen LogP contribution in [0.4, 0.5) is 0 Å². The Morgan fingerprint density at radius 3 is 2.68 bits per heavy atom. The van der Waals surface area contributed by atoms with Crippen molar-refractivity contribution in [2.75, 3.05) is 26.7 Å². The summed E-state index contributed by atoms with van der Waals surface area (Å²) < 4.78 is 5.96. The van der Waals surface area contributed by atoms with Crippen molar-refractivity contribution < 1.29 is 14.3 Å². The molecule has 2 amide bonds. The van der Waals surface area contributed by atoms with Gasteiger partial charge < -0.3 is 15.0 Å². The highest BCUT2D eigenvalue weighted by atomic mass is 16.5. The first-order chi connectivity index (χ1) is 16.5. The Morgan fingerprint density at radius 2 is 1.91 bits per heavy atom. The second-order valence-electron chi connectivity index (χ2n) is 8.41. The van der Waals surface area contributed by atoms with Crippen LogP contribution in [0.2, 0.25) is 0 Å². The molecule has 4 rings (SSSR count). The molecule has 0 bridgehead atoms. The first-order valence-corrected chi connectivity index (χ1v) is 11.5. The van der Waals surface area contributed by atoms with E-state index < -0.39 is 0 Å². The second-order valence-corrected chi connectivity index (χ2v) is 8.41. The summed E-state index contributed by atoms with van der Waals surface area (Å²) in [6.45, 7) is 4.74. The summed E-state index contributed by atoms with van der Waals surface area (Å²) >= 11 is 0. The Bertz CT molecular complexity index is 1140. The van der Waals surface area contributed by atoms with Gasteiger partial charge in [-0.25, -0.2) is 0 Å². The number of aromatic nitrogens is 1. The molecule has 176 valence electrons. The highest BCUT2D eigenvalue weighted by molar-refractivity contribution is 5.94. The third kappa shape index (κ3) is 5.80. The standard InChI is InChI=1S/C27H30N4O3/c1-20(32)30-13-14-31(26(18-30)22-8-6-9-23(16-22)27(33)28-2)17-21-7-5-11-25(15-21)34-19-24-10-3-4-12-29-24/h3-12,15-16,26H,13-14,17-19H2,1-2H3,(H,28,33)/t26-/m1/s1. The number of ether oxygens (including phenoxy) is 1. The Hall–Kier alpha value is -3.71. The highest BCUT2D eigenvalue weighted by Gasteiger charge is 2.30. The smallest absolute Gasteiger partial charge is 0.251 e. The van der Waals surface area contributed by atoms with Crippen LogP contribution >= 0.6 is 0 Å². The number of amides is 2. The highest BCUT2D eigenvalue weighted by Crippen LogP contribution is 2.29. The van der Waals surface area contributed by atoms with E-state index in [0.29, 0.717) is 31.8 Å². The Labute approximate surface area is 200 Å². The summed E-state index contributed by atoms with van der Waals surface area (Å²) in [6, 6.07) is 21.5. The van der Waals surface area contributed by atoms with Gasteiger partial charge in [0.25, 0.3) is 5.91 Å². The monoisotopic (exact) mass is 458 g/mol. The van der Waals surface area contributed by atoms with Crippen molar-refractivity contribution in [1.82, 2.24) is 20.1 Å². The number of carbonyl (C=O) groups excluding carboxylic acids is 2. The van der Waals surface area contributed by atoms with Gasteiger partial charge in [-0.2, -0.15) is 0 Å². The van der Waals surface area contributed by atoms with Crippen molar-refractivity contribution in [1.29, 1.82) is 0 Å². The molecule has 0 spiro atoms. The molecule has 7 heteroatoms. The van der Waals surface area contributed by atoms with Gasteiger partial charge in [0.1, 0.15) is 12.4 Å². The van der Waals surface area contributed by atoms with Gasteiger partial charge in [-0.15, -0.1) is 0 Å². The minimum Gasteiger partial charge on any atom is -0.487 e. The minimum absolute atomic E-state index is 0.0136. The first-order valence-electron chi connectivity index (χ1n) is 11.5. The second kappa shape index (κ2) is 10.9. The van der Waals surface area contributed by atoms with Gasteiger partial charge in [-0.1, -0.05) is 30.3 Å². The van der Waals surface area contributed by atoms with Gasteiger partial charge in [-0.3, -0.25) is 19.5 Å². The van der Waals surface area contributed by atoms with Crippen LogP contribution in [0.1, 0.15) is 40.1 Å². The van der Waals surface area contributed by atoms with Gasteiger partial charge >= 0.3 is 0 Å². The lowest BCUT2D eigenvalue weighted by atomic mass is 9.99. The van der Waals surface area contributed by atoms with Crippen molar-refractivity contribution in [2.45, 2.75) is 26.1 Å².